The zero-order valence-corrected chi connectivity index (χ0v) is 14.0. The van der Waals surface area contributed by atoms with E-state index in [9.17, 15) is 4.79 Å². The minimum absolute atomic E-state index is 0.0386. The SMILES string of the molecule is O=C(Nc1ccc(Oc2cnccn2)cc1)[C@H]1CCOc2ccccc21. The summed E-state index contributed by atoms with van der Waals surface area (Å²) < 4.78 is 11.2. The van der Waals surface area contributed by atoms with E-state index < -0.39 is 0 Å². The molecule has 1 N–H and O–H groups in total. The minimum Gasteiger partial charge on any atom is -0.493 e. The number of hydrogen-bond donors (Lipinski definition) is 1. The maximum absolute atomic E-state index is 12.7. The number of carbonyl (C=O) groups is 1. The highest BCUT2D eigenvalue weighted by Gasteiger charge is 2.27. The van der Waals surface area contributed by atoms with Gasteiger partial charge in [-0.25, -0.2) is 4.98 Å². The molecule has 0 aliphatic carbocycles. The maximum Gasteiger partial charge on any atom is 0.237 e. The van der Waals surface area contributed by atoms with Crippen LogP contribution in [0.1, 0.15) is 17.9 Å². The first-order chi connectivity index (χ1) is 12.8. The van der Waals surface area contributed by atoms with Gasteiger partial charge < -0.3 is 14.8 Å². The van der Waals surface area contributed by atoms with Crippen molar-refractivity contribution >= 4 is 11.6 Å². The fourth-order valence-electron chi connectivity index (χ4n) is 2.91. The Morgan fingerprint density at radius 3 is 2.77 bits per heavy atom. The lowest BCUT2D eigenvalue weighted by Crippen LogP contribution is -2.26. The summed E-state index contributed by atoms with van der Waals surface area (Å²) in [6, 6.07) is 14.8. The van der Waals surface area contributed by atoms with Crippen molar-refractivity contribution in [2.45, 2.75) is 12.3 Å². The lowest BCUT2D eigenvalue weighted by atomic mass is 9.92. The van der Waals surface area contributed by atoms with Crippen molar-refractivity contribution in [1.29, 1.82) is 0 Å². The molecule has 0 unspecified atom stereocenters. The Bertz CT molecular complexity index is 898. The smallest absolute Gasteiger partial charge is 0.237 e. The van der Waals surface area contributed by atoms with E-state index in [1.54, 1.807) is 36.7 Å². The summed E-state index contributed by atoms with van der Waals surface area (Å²) in [5.74, 6) is 1.58. The van der Waals surface area contributed by atoms with Gasteiger partial charge in [-0.1, -0.05) is 18.2 Å². The minimum atomic E-state index is -0.213. The van der Waals surface area contributed by atoms with Crippen LogP contribution < -0.4 is 14.8 Å². The fourth-order valence-corrected chi connectivity index (χ4v) is 2.91. The quantitative estimate of drug-likeness (QED) is 0.778. The number of aromatic nitrogens is 2. The van der Waals surface area contributed by atoms with Crippen molar-refractivity contribution in [3.05, 3.63) is 72.7 Å². The zero-order valence-electron chi connectivity index (χ0n) is 14.0. The molecule has 2 aromatic carbocycles. The third kappa shape index (κ3) is 3.49. The molecule has 6 heteroatoms. The van der Waals surface area contributed by atoms with Crippen molar-refractivity contribution in [2.75, 3.05) is 11.9 Å². The van der Waals surface area contributed by atoms with Crippen molar-refractivity contribution in [2.24, 2.45) is 0 Å². The van der Waals surface area contributed by atoms with E-state index in [0.717, 1.165) is 11.3 Å². The normalized spacial score (nSPS) is 15.5. The van der Waals surface area contributed by atoms with Gasteiger partial charge in [0.1, 0.15) is 11.5 Å². The molecule has 26 heavy (non-hydrogen) atoms. The van der Waals surface area contributed by atoms with Crippen LogP contribution in [0.3, 0.4) is 0 Å². The summed E-state index contributed by atoms with van der Waals surface area (Å²) in [6.45, 7) is 0.542. The van der Waals surface area contributed by atoms with Crippen LogP contribution in [0.15, 0.2) is 67.1 Å². The summed E-state index contributed by atoms with van der Waals surface area (Å²) in [5.41, 5.74) is 1.64. The Hall–Kier alpha value is -3.41. The van der Waals surface area contributed by atoms with E-state index in [0.29, 0.717) is 30.3 Å². The number of anilines is 1. The highest BCUT2D eigenvalue weighted by Crippen LogP contribution is 2.34. The number of benzene rings is 2. The van der Waals surface area contributed by atoms with Gasteiger partial charge in [-0.3, -0.25) is 9.78 Å². The molecule has 1 atom stereocenters. The summed E-state index contributed by atoms with van der Waals surface area (Å²) in [5, 5.41) is 2.97. The molecule has 1 amide bonds. The standard InChI is InChI=1S/C20H17N3O3/c24-20(17-9-12-25-18-4-2-1-3-16(17)18)23-14-5-7-15(8-6-14)26-19-13-21-10-11-22-19/h1-8,10-11,13,17H,9,12H2,(H,23,24)/t17-/m0/s1. The second-order valence-corrected chi connectivity index (χ2v) is 5.89. The number of fused-ring (bicyclic) bond motifs is 1. The molecule has 1 aliphatic rings. The second kappa shape index (κ2) is 7.23. The van der Waals surface area contributed by atoms with Gasteiger partial charge in [0, 0.05) is 23.6 Å². The van der Waals surface area contributed by atoms with Crippen LogP contribution in [0.25, 0.3) is 0 Å². The monoisotopic (exact) mass is 347 g/mol. The lowest BCUT2D eigenvalue weighted by Gasteiger charge is -2.25. The van der Waals surface area contributed by atoms with Gasteiger partial charge >= 0.3 is 0 Å². The maximum atomic E-state index is 12.7. The largest absolute Gasteiger partial charge is 0.493 e. The summed E-state index contributed by atoms with van der Waals surface area (Å²) in [7, 11) is 0. The van der Waals surface area contributed by atoms with Gasteiger partial charge in [0.25, 0.3) is 0 Å². The van der Waals surface area contributed by atoms with Crippen LogP contribution in [0, 0.1) is 0 Å². The van der Waals surface area contributed by atoms with E-state index in [1.807, 2.05) is 24.3 Å². The van der Waals surface area contributed by atoms with Crippen molar-refractivity contribution in [3.63, 3.8) is 0 Å². The molecule has 0 fully saturated rings. The predicted molar refractivity (Wildman–Crippen MR) is 96.5 cm³/mol. The topological polar surface area (TPSA) is 73.3 Å². The van der Waals surface area contributed by atoms with E-state index in [2.05, 4.69) is 15.3 Å². The van der Waals surface area contributed by atoms with E-state index >= 15 is 0 Å². The molecule has 0 saturated heterocycles. The third-order valence-corrected chi connectivity index (χ3v) is 4.16. The number of amides is 1. The Labute approximate surface area is 150 Å². The zero-order chi connectivity index (χ0) is 17.8. The van der Waals surface area contributed by atoms with Crippen LogP contribution in [0.2, 0.25) is 0 Å². The Kier molecular flexibility index (Phi) is 4.47. The number of para-hydroxylation sites is 1. The molecule has 6 nitrogen and oxygen atoms in total. The molecule has 2 heterocycles. The second-order valence-electron chi connectivity index (χ2n) is 5.89. The average molecular weight is 347 g/mol. The van der Waals surface area contributed by atoms with E-state index in [-0.39, 0.29) is 11.8 Å². The fraction of sp³-hybridized carbons (Fsp3) is 0.150. The number of rotatable bonds is 4. The van der Waals surface area contributed by atoms with Gasteiger partial charge in [0.15, 0.2) is 0 Å². The first-order valence-electron chi connectivity index (χ1n) is 8.36. The first-order valence-corrected chi connectivity index (χ1v) is 8.36. The number of carbonyl (C=O) groups excluding carboxylic acids is 1. The predicted octanol–water partition coefficient (Wildman–Crippen LogP) is 3.77. The molecule has 4 rings (SSSR count). The van der Waals surface area contributed by atoms with Crippen LogP contribution >= 0.6 is 0 Å². The van der Waals surface area contributed by atoms with Crippen molar-refractivity contribution in [1.82, 2.24) is 9.97 Å². The highest BCUT2D eigenvalue weighted by atomic mass is 16.5. The first kappa shape index (κ1) is 16.1. The Morgan fingerprint density at radius 1 is 1.12 bits per heavy atom. The van der Waals surface area contributed by atoms with Crippen LogP contribution in [-0.2, 0) is 4.79 Å². The van der Waals surface area contributed by atoms with Crippen LogP contribution in [-0.4, -0.2) is 22.5 Å². The highest BCUT2D eigenvalue weighted by molar-refractivity contribution is 5.96. The summed E-state index contributed by atoms with van der Waals surface area (Å²) in [4.78, 5) is 20.7. The molecular weight excluding hydrogens is 330 g/mol. The van der Waals surface area contributed by atoms with E-state index in [1.165, 1.54) is 6.20 Å². The van der Waals surface area contributed by atoms with Crippen molar-refractivity contribution < 1.29 is 14.3 Å². The van der Waals surface area contributed by atoms with Crippen molar-refractivity contribution in [3.8, 4) is 17.4 Å². The van der Waals surface area contributed by atoms with Gasteiger partial charge in [-0.2, -0.15) is 0 Å². The number of ether oxygens (including phenoxy) is 2. The number of hydrogen-bond acceptors (Lipinski definition) is 5. The molecule has 0 spiro atoms. The third-order valence-electron chi connectivity index (χ3n) is 4.16. The van der Waals surface area contributed by atoms with Crippen LogP contribution in [0.5, 0.6) is 17.4 Å². The van der Waals surface area contributed by atoms with E-state index in [4.69, 9.17) is 9.47 Å². The Morgan fingerprint density at radius 2 is 1.96 bits per heavy atom. The molecule has 130 valence electrons. The van der Waals surface area contributed by atoms with Gasteiger partial charge in [-0.15, -0.1) is 0 Å². The number of nitrogens with zero attached hydrogens (tertiary/aromatic N) is 2. The summed E-state index contributed by atoms with van der Waals surface area (Å²) in [6.07, 6.45) is 5.35. The lowest BCUT2D eigenvalue weighted by molar-refractivity contribution is -0.118. The molecule has 0 saturated carbocycles. The summed E-state index contributed by atoms with van der Waals surface area (Å²) >= 11 is 0. The molecule has 1 aliphatic heterocycles. The van der Waals surface area contributed by atoms with Gasteiger partial charge in [0.05, 0.1) is 18.7 Å². The number of nitrogens with one attached hydrogen (secondary N) is 1. The molecule has 3 aromatic rings. The van der Waals surface area contributed by atoms with Gasteiger partial charge in [-0.05, 0) is 36.8 Å². The Balaban J connectivity index is 1.44. The molecule has 0 radical (unpaired) electrons. The molecule has 1 aromatic heterocycles. The van der Waals surface area contributed by atoms with Crippen LogP contribution in [0.4, 0.5) is 5.69 Å². The molecule has 0 bridgehead atoms. The van der Waals surface area contributed by atoms with Gasteiger partial charge in [0.2, 0.25) is 11.8 Å². The molecular formula is C20H17N3O3. The average Bonchev–Trinajstić information content (AvgIpc) is 2.70.